The summed E-state index contributed by atoms with van der Waals surface area (Å²) in [5.41, 5.74) is 14.3. The zero-order valence-electron chi connectivity index (χ0n) is 21.2. The Kier molecular flexibility index (Phi) is 9.84. The van der Waals surface area contributed by atoms with Crippen LogP contribution in [0.15, 0.2) is 30.5 Å². The molecule has 2 unspecified atom stereocenters. The minimum absolute atomic E-state index is 0.0460. The second-order valence-corrected chi connectivity index (χ2v) is 9.59. The SMILES string of the molecule is CCOC(=O)C(C)OP(CCNC(=O)c1ccc(N(C)Cc2cnc3nc(N)nc(N)c3n2)cc1)OC. The van der Waals surface area contributed by atoms with Gasteiger partial charge in [0.2, 0.25) is 5.95 Å². The lowest BCUT2D eigenvalue weighted by Crippen LogP contribution is -2.27. The molecular formula is C23H31N8O5P. The highest BCUT2D eigenvalue weighted by Crippen LogP contribution is 2.38. The van der Waals surface area contributed by atoms with Crippen molar-refractivity contribution in [2.24, 2.45) is 0 Å². The number of benzene rings is 1. The first kappa shape index (κ1) is 27.9. The second kappa shape index (κ2) is 13.0. The van der Waals surface area contributed by atoms with Crippen molar-refractivity contribution in [1.29, 1.82) is 0 Å². The Morgan fingerprint density at radius 3 is 2.57 bits per heavy atom. The summed E-state index contributed by atoms with van der Waals surface area (Å²) in [4.78, 5) is 43.0. The molecule has 0 aliphatic rings. The lowest BCUT2D eigenvalue weighted by Gasteiger charge is -2.20. The van der Waals surface area contributed by atoms with Gasteiger partial charge in [0.1, 0.15) is 0 Å². The van der Waals surface area contributed by atoms with E-state index < -0.39 is 20.4 Å². The number of esters is 1. The Labute approximate surface area is 215 Å². The highest BCUT2D eigenvalue weighted by atomic mass is 31.2. The zero-order valence-corrected chi connectivity index (χ0v) is 22.1. The van der Waals surface area contributed by atoms with E-state index in [1.165, 1.54) is 7.11 Å². The number of hydrogen-bond acceptors (Lipinski definition) is 12. The number of carbonyl (C=O) groups excluding carboxylic acids is 2. The molecule has 2 aromatic heterocycles. The molecular weight excluding hydrogens is 499 g/mol. The first-order valence-electron chi connectivity index (χ1n) is 11.5. The summed E-state index contributed by atoms with van der Waals surface area (Å²) in [5, 5.41) is 2.84. The third-order valence-electron chi connectivity index (χ3n) is 5.15. The van der Waals surface area contributed by atoms with Crippen LogP contribution in [-0.4, -0.2) is 71.4 Å². The van der Waals surface area contributed by atoms with Crippen LogP contribution in [0.4, 0.5) is 17.5 Å². The third kappa shape index (κ3) is 7.66. The fourth-order valence-electron chi connectivity index (χ4n) is 3.29. The van der Waals surface area contributed by atoms with Gasteiger partial charge in [-0.05, 0) is 38.1 Å². The molecule has 37 heavy (non-hydrogen) atoms. The van der Waals surface area contributed by atoms with E-state index in [0.717, 1.165) is 5.69 Å². The van der Waals surface area contributed by atoms with Crippen LogP contribution in [0, 0.1) is 0 Å². The van der Waals surface area contributed by atoms with Gasteiger partial charge in [0, 0.05) is 38.1 Å². The first-order chi connectivity index (χ1) is 17.7. The minimum atomic E-state index is -1.35. The van der Waals surface area contributed by atoms with Crippen molar-refractivity contribution in [2.45, 2.75) is 26.5 Å². The number of hydrogen-bond donors (Lipinski definition) is 3. The summed E-state index contributed by atoms with van der Waals surface area (Å²) in [6.07, 6.45) is 1.30. The maximum atomic E-state index is 12.6. The maximum absolute atomic E-state index is 12.6. The number of ether oxygens (including phenoxy) is 1. The van der Waals surface area contributed by atoms with Gasteiger partial charge in [0.15, 0.2) is 31.5 Å². The molecule has 3 rings (SSSR count). The molecule has 3 aromatic rings. The van der Waals surface area contributed by atoms with E-state index in [1.54, 1.807) is 32.2 Å². The largest absolute Gasteiger partial charge is 0.464 e. The molecule has 2 heterocycles. The Balaban J connectivity index is 1.52. The van der Waals surface area contributed by atoms with E-state index in [1.807, 2.05) is 24.1 Å². The molecule has 198 valence electrons. The van der Waals surface area contributed by atoms with Crippen molar-refractivity contribution < 1.29 is 23.4 Å². The summed E-state index contributed by atoms with van der Waals surface area (Å²) >= 11 is 0. The fraction of sp³-hybridized carbons (Fsp3) is 0.391. The van der Waals surface area contributed by atoms with Crippen LogP contribution in [-0.2, 0) is 25.1 Å². The molecule has 0 saturated carbocycles. The van der Waals surface area contributed by atoms with Crippen molar-refractivity contribution in [1.82, 2.24) is 25.3 Å². The number of amides is 1. The van der Waals surface area contributed by atoms with E-state index in [-0.39, 0.29) is 24.3 Å². The van der Waals surface area contributed by atoms with E-state index >= 15 is 0 Å². The monoisotopic (exact) mass is 530 g/mol. The topological polar surface area (TPSA) is 181 Å². The summed E-state index contributed by atoms with van der Waals surface area (Å²) in [5.74, 6) is -0.455. The first-order valence-corrected chi connectivity index (χ1v) is 12.9. The summed E-state index contributed by atoms with van der Waals surface area (Å²) < 4.78 is 15.9. The number of anilines is 3. The van der Waals surface area contributed by atoms with E-state index in [9.17, 15) is 9.59 Å². The van der Waals surface area contributed by atoms with Gasteiger partial charge < -0.3 is 35.5 Å². The lowest BCUT2D eigenvalue weighted by atomic mass is 10.2. The van der Waals surface area contributed by atoms with Crippen LogP contribution in [0.3, 0.4) is 0 Å². The van der Waals surface area contributed by atoms with Gasteiger partial charge in [-0.3, -0.25) is 4.79 Å². The van der Waals surface area contributed by atoms with E-state index in [2.05, 4.69) is 25.3 Å². The van der Waals surface area contributed by atoms with E-state index in [0.29, 0.717) is 41.7 Å². The highest BCUT2D eigenvalue weighted by molar-refractivity contribution is 7.47. The van der Waals surface area contributed by atoms with Gasteiger partial charge in [-0.25, -0.2) is 14.8 Å². The molecule has 14 heteroatoms. The number of rotatable bonds is 12. The van der Waals surface area contributed by atoms with Crippen LogP contribution in [0.1, 0.15) is 29.9 Å². The number of nitrogens with one attached hydrogen (secondary N) is 1. The Morgan fingerprint density at radius 1 is 1.16 bits per heavy atom. The molecule has 0 bridgehead atoms. The minimum Gasteiger partial charge on any atom is -0.464 e. The predicted octanol–water partition coefficient (Wildman–Crippen LogP) is 1.88. The van der Waals surface area contributed by atoms with Gasteiger partial charge >= 0.3 is 5.97 Å². The number of fused-ring (bicyclic) bond motifs is 1. The molecule has 0 aliphatic carbocycles. The molecule has 1 amide bonds. The van der Waals surface area contributed by atoms with Gasteiger partial charge in [0.25, 0.3) is 5.91 Å². The normalized spacial score (nSPS) is 12.6. The molecule has 5 N–H and O–H groups in total. The smallest absolute Gasteiger partial charge is 0.335 e. The van der Waals surface area contributed by atoms with Gasteiger partial charge in [-0.1, -0.05) is 0 Å². The van der Waals surface area contributed by atoms with Crippen LogP contribution < -0.4 is 21.7 Å². The molecule has 2 atom stereocenters. The predicted molar refractivity (Wildman–Crippen MR) is 141 cm³/mol. The second-order valence-electron chi connectivity index (χ2n) is 7.90. The zero-order chi connectivity index (χ0) is 26.9. The third-order valence-corrected chi connectivity index (χ3v) is 6.70. The van der Waals surface area contributed by atoms with Crippen LogP contribution in [0.5, 0.6) is 0 Å². The summed E-state index contributed by atoms with van der Waals surface area (Å²) in [6, 6.07) is 7.15. The highest BCUT2D eigenvalue weighted by Gasteiger charge is 2.21. The molecule has 0 saturated heterocycles. The number of nitrogens with zero attached hydrogens (tertiary/aromatic N) is 5. The van der Waals surface area contributed by atoms with Gasteiger partial charge in [-0.2, -0.15) is 9.97 Å². The summed E-state index contributed by atoms with van der Waals surface area (Å²) in [6.45, 7) is 4.39. The average molecular weight is 531 g/mol. The van der Waals surface area contributed by atoms with Crippen molar-refractivity contribution in [3.63, 3.8) is 0 Å². The van der Waals surface area contributed by atoms with Crippen LogP contribution in [0.2, 0.25) is 0 Å². The quantitative estimate of drug-likeness (QED) is 0.229. The fourth-order valence-corrected chi connectivity index (χ4v) is 4.40. The van der Waals surface area contributed by atoms with Crippen LogP contribution >= 0.6 is 8.38 Å². The molecule has 0 radical (unpaired) electrons. The number of carbonyl (C=O) groups is 2. The average Bonchev–Trinajstić information content (AvgIpc) is 2.88. The molecule has 1 aromatic carbocycles. The number of aromatic nitrogens is 4. The van der Waals surface area contributed by atoms with E-state index in [4.69, 9.17) is 25.3 Å². The Hall–Kier alpha value is -3.67. The Bertz CT molecular complexity index is 1230. The Morgan fingerprint density at radius 2 is 1.89 bits per heavy atom. The lowest BCUT2D eigenvalue weighted by molar-refractivity contribution is -0.150. The van der Waals surface area contributed by atoms with Crippen molar-refractivity contribution >= 4 is 48.9 Å². The van der Waals surface area contributed by atoms with Gasteiger partial charge in [-0.15, -0.1) is 0 Å². The number of nitrogens with two attached hydrogens (primary N) is 2. The molecule has 0 fully saturated rings. The molecule has 13 nitrogen and oxygen atoms in total. The maximum Gasteiger partial charge on any atom is 0.335 e. The van der Waals surface area contributed by atoms with Crippen LogP contribution in [0.25, 0.3) is 11.2 Å². The van der Waals surface area contributed by atoms with Gasteiger partial charge in [0.05, 0.1) is 25.0 Å². The summed E-state index contributed by atoms with van der Waals surface area (Å²) in [7, 11) is 2.05. The number of nitrogen functional groups attached to an aromatic ring is 2. The van der Waals surface area contributed by atoms with Crippen molar-refractivity contribution in [2.75, 3.05) is 49.8 Å². The molecule has 0 spiro atoms. The standard InChI is InChI=1S/C23H31N8O5P/c1-5-35-22(33)14(2)36-37(34-4)11-10-26-21(32)15-6-8-17(9-7-15)31(3)13-16-12-27-20-18(28-16)19(24)29-23(25)30-20/h6-9,12,14H,5,10-11,13H2,1-4H3,(H,26,32)(H4,24,25,27,29,30). The van der Waals surface area contributed by atoms with Crippen molar-refractivity contribution in [3.8, 4) is 0 Å². The van der Waals surface area contributed by atoms with Crippen molar-refractivity contribution in [3.05, 3.63) is 41.7 Å². The molecule has 0 aliphatic heterocycles.